The van der Waals surface area contributed by atoms with Crippen LogP contribution < -0.4 is 5.32 Å². The summed E-state index contributed by atoms with van der Waals surface area (Å²) in [6, 6.07) is -0.878. The molecular weight excluding hydrogens is 200 g/mol. The molecule has 0 aliphatic heterocycles. The van der Waals surface area contributed by atoms with Gasteiger partial charge in [0, 0.05) is 26.9 Å². The van der Waals surface area contributed by atoms with Crippen LogP contribution in [0.1, 0.15) is 20.8 Å². The Hall–Kier alpha value is -1.59. The summed E-state index contributed by atoms with van der Waals surface area (Å²) in [5, 5.41) is 11.2. The van der Waals surface area contributed by atoms with Crippen molar-refractivity contribution in [3.8, 4) is 0 Å². The van der Waals surface area contributed by atoms with E-state index in [1.807, 2.05) is 0 Å². The third kappa shape index (κ3) is 4.99. The maximum absolute atomic E-state index is 11.1. The van der Waals surface area contributed by atoms with E-state index in [1.165, 1.54) is 25.7 Å². The molecule has 2 amide bonds. The molecule has 2 N–H and O–H groups in total. The van der Waals surface area contributed by atoms with Gasteiger partial charge in [-0.2, -0.15) is 0 Å². The average Bonchev–Trinajstić information content (AvgIpc) is 2.10. The quantitative estimate of drug-likeness (QED) is 0.645. The van der Waals surface area contributed by atoms with Gasteiger partial charge < -0.3 is 15.3 Å². The Bertz CT molecular complexity index is 265. The first-order chi connectivity index (χ1) is 6.86. The van der Waals surface area contributed by atoms with E-state index in [-0.39, 0.29) is 24.9 Å². The maximum atomic E-state index is 11.1. The molecule has 0 aromatic rings. The number of carbonyl (C=O) groups is 3. The molecule has 0 spiro atoms. The molecule has 0 aromatic heterocycles. The number of carboxylic acid groups (broad SMARTS) is 1. The van der Waals surface area contributed by atoms with Crippen molar-refractivity contribution < 1.29 is 19.5 Å². The number of aliphatic carboxylic acids is 1. The van der Waals surface area contributed by atoms with E-state index in [4.69, 9.17) is 5.11 Å². The molecule has 0 aliphatic rings. The largest absolute Gasteiger partial charge is 0.480 e. The van der Waals surface area contributed by atoms with Crippen molar-refractivity contribution >= 4 is 17.8 Å². The van der Waals surface area contributed by atoms with Gasteiger partial charge in [-0.25, -0.2) is 4.79 Å². The van der Waals surface area contributed by atoms with Crippen molar-refractivity contribution in [2.45, 2.75) is 26.8 Å². The lowest BCUT2D eigenvalue weighted by molar-refractivity contribution is -0.148. The molecule has 0 bridgehead atoms. The lowest BCUT2D eigenvalue weighted by Gasteiger charge is -2.25. The number of hydrogen-bond donors (Lipinski definition) is 2. The summed E-state index contributed by atoms with van der Waals surface area (Å²) < 4.78 is 0. The van der Waals surface area contributed by atoms with E-state index in [0.29, 0.717) is 0 Å². The molecule has 6 heteroatoms. The monoisotopic (exact) mass is 216 g/mol. The lowest BCUT2D eigenvalue weighted by atomic mass is 10.3. The molecule has 0 fully saturated rings. The van der Waals surface area contributed by atoms with Crippen molar-refractivity contribution in [2.75, 3.05) is 13.1 Å². The third-order valence-corrected chi connectivity index (χ3v) is 1.96. The number of rotatable bonds is 5. The summed E-state index contributed by atoms with van der Waals surface area (Å²) in [6.07, 6.45) is 0. The predicted molar refractivity (Wildman–Crippen MR) is 53.2 cm³/mol. The molecule has 6 nitrogen and oxygen atoms in total. The Balaban J connectivity index is 4.23. The first kappa shape index (κ1) is 13.4. The number of hydrogen-bond acceptors (Lipinski definition) is 3. The van der Waals surface area contributed by atoms with Gasteiger partial charge in [0.25, 0.3) is 0 Å². The zero-order valence-corrected chi connectivity index (χ0v) is 9.11. The van der Waals surface area contributed by atoms with E-state index >= 15 is 0 Å². The summed E-state index contributed by atoms with van der Waals surface area (Å²) in [5.74, 6) is -1.59. The highest BCUT2D eigenvalue weighted by molar-refractivity contribution is 5.82. The van der Waals surface area contributed by atoms with Gasteiger partial charge in [-0.1, -0.05) is 0 Å². The van der Waals surface area contributed by atoms with Crippen LogP contribution in [-0.2, 0) is 14.4 Å². The van der Waals surface area contributed by atoms with Crippen LogP contribution >= 0.6 is 0 Å². The van der Waals surface area contributed by atoms with Gasteiger partial charge in [-0.15, -0.1) is 0 Å². The highest BCUT2D eigenvalue weighted by Gasteiger charge is 2.22. The van der Waals surface area contributed by atoms with Crippen LogP contribution in [0.5, 0.6) is 0 Å². The van der Waals surface area contributed by atoms with Crippen LogP contribution in [0.3, 0.4) is 0 Å². The summed E-state index contributed by atoms with van der Waals surface area (Å²) in [7, 11) is 0. The Labute approximate surface area is 88.2 Å². The van der Waals surface area contributed by atoms with Crippen molar-refractivity contribution in [2.24, 2.45) is 0 Å². The highest BCUT2D eigenvalue weighted by atomic mass is 16.4. The van der Waals surface area contributed by atoms with Crippen molar-refractivity contribution in [3.63, 3.8) is 0 Å². The predicted octanol–water partition coefficient (Wildman–Crippen LogP) is -0.556. The Morgan fingerprint density at radius 1 is 1.33 bits per heavy atom. The molecule has 0 aliphatic carbocycles. The van der Waals surface area contributed by atoms with E-state index < -0.39 is 12.0 Å². The molecule has 1 atom stereocenters. The van der Waals surface area contributed by atoms with Crippen LogP contribution in [-0.4, -0.2) is 46.9 Å². The van der Waals surface area contributed by atoms with E-state index in [2.05, 4.69) is 5.32 Å². The molecule has 86 valence electrons. The lowest BCUT2D eigenvalue weighted by Crippen LogP contribution is -2.45. The third-order valence-electron chi connectivity index (χ3n) is 1.96. The summed E-state index contributed by atoms with van der Waals surface area (Å²) >= 11 is 0. The summed E-state index contributed by atoms with van der Waals surface area (Å²) in [4.78, 5) is 33.5. The van der Waals surface area contributed by atoms with Crippen LogP contribution in [0.4, 0.5) is 0 Å². The van der Waals surface area contributed by atoms with Gasteiger partial charge >= 0.3 is 5.97 Å². The minimum absolute atomic E-state index is 0.197. The van der Waals surface area contributed by atoms with Gasteiger partial charge in [0.2, 0.25) is 11.8 Å². The van der Waals surface area contributed by atoms with Gasteiger partial charge in [-0.3, -0.25) is 9.59 Å². The topological polar surface area (TPSA) is 86.7 Å². The molecule has 0 rings (SSSR count). The zero-order chi connectivity index (χ0) is 12.0. The fraction of sp³-hybridized carbons (Fsp3) is 0.667. The summed E-state index contributed by atoms with van der Waals surface area (Å²) in [5.41, 5.74) is 0. The molecule has 0 radical (unpaired) electrons. The molecule has 15 heavy (non-hydrogen) atoms. The minimum Gasteiger partial charge on any atom is -0.480 e. The second kappa shape index (κ2) is 6.00. The second-order valence-corrected chi connectivity index (χ2v) is 3.21. The van der Waals surface area contributed by atoms with Crippen LogP contribution in [0.2, 0.25) is 0 Å². The molecule has 0 saturated carbocycles. The van der Waals surface area contributed by atoms with Gasteiger partial charge in [0.1, 0.15) is 6.04 Å². The molecule has 0 saturated heterocycles. The van der Waals surface area contributed by atoms with E-state index in [0.717, 1.165) is 0 Å². The first-order valence-corrected chi connectivity index (χ1v) is 4.60. The Morgan fingerprint density at radius 2 is 1.87 bits per heavy atom. The normalized spacial score (nSPS) is 11.7. The minimum atomic E-state index is -1.06. The molecule has 0 aromatic carbocycles. The van der Waals surface area contributed by atoms with Gasteiger partial charge in [0.05, 0.1) is 0 Å². The SMILES string of the molecule is CC(=O)NCCN(C(C)=O)C(C)C(=O)O. The van der Waals surface area contributed by atoms with Crippen molar-refractivity contribution in [3.05, 3.63) is 0 Å². The number of carbonyl (C=O) groups excluding carboxylic acids is 2. The van der Waals surface area contributed by atoms with Crippen LogP contribution in [0.15, 0.2) is 0 Å². The summed E-state index contributed by atoms with van der Waals surface area (Å²) in [6.45, 7) is 4.54. The first-order valence-electron chi connectivity index (χ1n) is 4.60. The number of nitrogens with one attached hydrogen (secondary N) is 1. The maximum Gasteiger partial charge on any atom is 0.326 e. The number of carboxylic acids is 1. The smallest absolute Gasteiger partial charge is 0.326 e. The van der Waals surface area contributed by atoms with Crippen molar-refractivity contribution in [1.82, 2.24) is 10.2 Å². The molecule has 0 heterocycles. The fourth-order valence-electron chi connectivity index (χ4n) is 1.11. The van der Waals surface area contributed by atoms with Crippen molar-refractivity contribution in [1.29, 1.82) is 0 Å². The zero-order valence-electron chi connectivity index (χ0n) is 9.11. The van der Waals surface area contributed by atoms with E-state index in [9.17, 15) is 14.4 Å². The van der Waals surface area contributed by atoms with Crippen LogP contribution in [0, 0.1) is 0 Å². The Kier molecular flexibility index (Phi) is 5.36. The fourth-order valence-corrected chi connectivity index (χ4v) is 1.11. The molecule has 1 unspecified atom stereocenters. The van der Waals surface area contributed by atoms with Gasteiger partial charge in [0.15, 0.2) is 0 Å². The van der Waals surface area contributed by atoms with E-state index in [1.54, 1.807) is 0 Å². The van der Waals surface area contributed by atoms with Gasteiger partial charge in [-0.05, 0) is 6.92 Å². The number of amides is 2. The standard InChI is InChI=1S/C9H16N2O4/c1-6(9(14)15)11(8(3)13)5-4-10-7(2)12/h6H,4-5H2,1-3H3,(H,10,12)(H,14,15). The second-order valence-electron chi connectivity index (χ2n) is 3.21. The average molecular weight is 216 g/mol. The molecular formula is C9H16N2O4. The number of nitrogens with zero attached hydrogens (tertiary/aromatic N) is 1. The highest BCUT2D eigenvalue weighted by Crippen LogP contribution is 1.99. The Morgan fingerprint density at radius 3 is 2.20 bits per heavy atom. The van der Waals surface area contributed by atoms with Crippen LogP contribution in [0.25, 0.3) is 0 Å².